The quantitative estimate of drug-likeness (QED) is 0.739. The number of hydrogen-bond acceptors (Lipinski definition) is 3. The summed E-state index contributed by atoms with van der Waals surface area (Å²) in [5, 5.41) is 4.66. The lowest BCUT2D eigenvalue weighted by molar-refractivity contribution is 0.199. The van der Waals surface area contributed by atoms with Crippen molar-refractivity contribution in [3.63, 3.8) is 0 Å². The van der Waals surface area contributed by atoms with Gasteiger partial charge in [-0.1, -0.05) is 18.2 Å². The van der Waals surface area contributed by atoms with E-state index in [1.807, 2.05) is 12.3 Å². The van der Waals surface area contributed by atoms with E-state index in [1.54, 1.807) is 7.11 Å². The van der Waals surface area contributed by atoms with Crippen LogP contribution in [-0.4, -0.2) is 31.8 Å². The molecule has 1 N–H and O–H groups in total. The number of benzene rings is 1. The van der Waals surface area contributed by atoms with Crippen LogP contribution in [0.1, 0.15) is 18.4 Å². The fraction of sp³-hybridized carbons (Fsp3) is 0.438. The van der Waals surface area contributed by atoms with Crippen LogP contribution >= 0.6 is 0 Å². The SMILES string of the molecule is COCCNCCCCc1ccnc2ccccc12. The number of nitrogens with zero attached hydrogens (tertiary/aromatic N) is 1. The Morgan fingerprint density at radius 2 is 2.00 bits per heavy atom. The second-order valence-electron chi connectivity index (χ2n) is 4.69. The van der Waals surface area contributed by atoms with Crippen molar-refractivity contribution in [3.05, 3.63) is 42.1 Å². The number of pyridine rings is 1. The minimum Gasteiger partial charge on any atom is -0.383 e. The number of fused-ring (bicyclic) bond motifs is 1. The molecule has 0 aliphatic heterocycles. The number of hydrogen-bond donors (Lipinski definition) is 1. The van der Waals surface area contributed by atoms with Crippen LogP contribution in [0.15, 0.2) is 36.5 Å². The van der Waals surface area contributed by atoms with Crippen LogP contribution in [0, 0.1) is 0 Å². The summed E-state index contributed by atoms with van der Waals surface area (Å²) in [5.74, 6) is 0. The van der Waals surface area contributed by atoms with Gasteiger partial charge in [0.1, 0.15) is 0 Å². The van der Waals surface area contributed by atoms with Gasteiger partial charge in [-0.05, 0) is 43.5 Å². The van der Waals surface area contributed by atoms with Crippen LogP contribution in [0.2, 0.25) is 0 Å². The van der Waals surface area contributed by atoms with E-state index in [9.17, 15) is 0 Å². The first-order valence-electron chi connectivity index (χ1n) is 6.94. The Morgan fingerprint density at radius 1 is 1.11 bits per heavy atom. The van der Waals surface area contributed by atoms with Gasteiger partial charge in [-0.15, -0.1) is 0 Å². The maximum absolute atomic E-state index is 5.00. The predicted octanol–water partition coefficient (Wildman–Crippen LogP) is 2.79. The second-order valence-corrected chi connectivity index (χ2v) is 4.69. The molecule has 0 atom stereocenters. The minimum atomic E-state index is 0.787. The summed E-state index contributed by atoms with van der Waals surface area (Å²) in [6, 6.07) is 10.5. The largest absolute Gasteiger partial charge is 0.383 e. The molecule has 3 nitrogen and oxygen atoms in total. The van der Waals surface area contributed by atoms with Crippen LogP contribution in [0.25, 0.3) is 10.9 Å². The van der Waals surface area contributed by atoms with Crippen LogP contribution in [0.4, 0.5) is 0 Å². The summed E-state index contributed by atoms with van der Waals surface area (Å²) < 4.78 is 5.00. The number of unbranched alkanes of at least 4 members (excludes halogenated alkanes) is 1. The average Bonchev–Trinajstić information content (AvgIpc) is 2.46. The van der Waals surface area contributed by atoms with Crippen LogP contribution in [0.3, 0.4) is 0 Å². The molecule has 1 aromatic heterocycles. The predicted molar refractivity (Wildman–Crippen MR) is 79.4 cm³/mol. The van der Waals surface area contributed by atoms with E-state index >= 15 is 0 Å². The molecule has 2 rings (SSSR count). The molecule has 19 heavy (non-hydrogen) atoms. The van der Waals surface area contributed by atoms with Crippen molar-refractivity contribution in [2.75, 3.05) is 26.8 Å². The number of aromatic nitrogens is 1. The van der Waals surface area contributed by atoms with Crippen molar-refractivity contribution in [2.45, 2.75) is 19.3 Å². The van der Waals surface area contributed by atoms with Crippen molar-refractivity contribution >= 4 is 10.9 Å². The Hall–Kier alpha value is -1.45. The summed E-state index contributed by atoms with van der Waals surface area (Å²) in [4.78, 5) is 4.39. The number of aryl methyl sites for hydroxylation is 1. The van der Waals surface area contributed by atoms with E-state index in [0.29, 0.717) is 0 Å². The molecule has 0 radical (unpaired) electrons. The average molecular weight is 258 g/mol. The summed E-state index contributed by atoms with van der Waals surface area (Å²) in [5.41, 5.74) is 2.50. The molecule has 0 fully saturated rings. The number of para-hydroxylation sites is 1. The van der Waals surface area contributed by atoms with Gasteiger partial charge in [0.2, 0.25) is 0 Å². The molecule has 1 heterocycles. The Balaban J connectivity index is 1.78. The van der Waals surface area contributed by atoms with Crippen molar-refractivity contribution in [2.24, 2.45) is 0 Å². The molecular formula is C16H22N2O. The molecule has 0 aliphatic rings. The zero-order chi connectivity index (χ0) is 13.3. The third-order valence-corrected chi connectivity index (χ3v) is 3.27. The molecule has 0 unspecified atom stereocenters. The molecule has 0 saturated carbocycles. The Morgan fingerprint density at radius 3 is 2.89 bits per heavy atom. The zero-order valence-electron chi connectivity index (χ0n) is 11.6. The fourth-order valence-corrected chi connectivity index (χ4v) is 2.24. The molecule has 1 aromatic carbocycles. The second kappa shape index (κ2) is 7.87. The molecule has 3 heteroatoms. The first kappa shape index (κ1) is 14.0. The first-order valence-corrected chi connectivity index (χ1v) is 6.94. The number of rotatable bonds is 8. The molecule has 2 aromatic rings. The van der Waals surface area contributed by atoms with Gasteiger partial charge in [0, 0.05) is 25.2 Å². The van der Waals surface area contributed by atoms with E-state index in [-0.39, 0.29) is 0 Å². The highest BCUT2D eigenvalue weighted by Crippen LogP contribution is 2.17. The lowest BCUT2D eigenvalue weighted by atomic mass is 10.0. The molecular weight excluding hydrogens is 236 g/mol. The Kier molecular flexibility index (Phi) is 5.79. The van der Waals surface area contributed by atoms with E-state index < -0.39 is 0 Å². The van der Waals surface area contributed by atoms with Gasteiger partial charge in [-0.3, -0.25) is 4.98 Å². The normalized spacial score (nSPS) is 11.0. The summed E-state index contributed by atoms with van der Waals surface area (Å²) in [7, 11) is 1.73. The Labute approximate surface area is 115 Å². The van der Waals surface area contributed by atoms with E-state index in [1.165, 1.54) is 23.8 Å². The highest BCUT2D eigenvalue weighted by atomic mass is 16.5. The molecule has 0 aliphatic carbocycles. The van der Waals surface area contributed by atoms with E-state index in [2.05, 4.69) is 34.6 Å². The maximum atomic E-state index is 5.00. The monoisotopic (exact) mass is 258 g/mol. The molecule has 0 saturated heterocycles. The zero-order valence-corrected chi connectivity index (χ0v) is 11.6. The van der Waals surface area contributed by atoms with Crippen molar-refractivity contribution in [1.82, 2.24) is 10.3 Å². The van der Waals surface area contributed by atoms with Gasteiger partial charge < -0.3 is 10.1 Å². The molecule has 0 spiro atoms. The Bertz CT molecular complexity index is 494. The van der Waals surface area contributed by atoms with Crippen LogP contribution < -0.4 is 5.32 Å². The van der Waals surface area contributed by atoms with Gasteiger partial charge in [0.25, 0.3) is 0 Å². The van der Waals surface area contributed by atoms with Crippen LogP contribution in [0.5, 0.6) is 0 Å². The van der Waals surface area contributed by atoms with Crippen molar-refractivity contribution in [1.29, 1.82) is 0 Å². The van der Waals surface area contributed by atoms with Gasteiger partial charge in [0.05, 0.1) is 12.1 Å². The molecule has 0 bridgehead atoms. The van der Waals surface area contributed by atoms with E-state index in [4.69, 9.17) is 4.74 Å². The standard InChI is InChI=1S/C16H22N2O/c1-19-13-12-17-10-5-4-6-14-9-11-18-16-8-3-2-7-15(14)16/h2-3,7-9,11,17H,4-6,10,12-13H2,1H3. The topological polar surface area (TPSA) is 34.1 Å². The van der Waals surface area contributed by atoms with Gasteiger partial charge >= 0.3 is 0 Å². The number of methoxy groups -OCH3 is 1. The smallest absolute Gasteiger partial charge is 0.0704 e. The van der Waals surface area contributed by atoms with Gasteiger partial charge in [-0.25, -0.2) is 0 Å². The van der Waals surface area contributed by atoms with Crippen LogP contribution in [-0.2, 0) is 11.2 Å². The molecule has 0 amide bonds. The van der Waals surface area contributed by atoms with Crippen molar-refractivity contribution in [3.8, 4) is 0 Å². The number of nitrogens with one attached hydrogen (secondary N) is 1. The highest BCUT2D eigenvalue weighted by molar-refractivity contribution is 5.81. The lowest BCUT2D eigenvalue weighted by Crippen LogP contribution is -2.20. The van der Waals surface area contributed by atoms with E-state index in [0.717, 1.165) is 31.6 Å². The minimum absolute atomic E-state index is 0.787. The third-order valence-electron chi connectivity index (χ3n) is 3.27. The highest BCUT2D eigenvalue weighted by Gasteiger charge is 2.00. The summed E-state index contributed by atoms with van der Waals surface area (Å²) in [6.45, 7) is 2.79. The maximum Gasteiger partial charge on any atom is 0.0704 e. The number of ether oxygens (including phenoxy) is 1. The van der Waals surface area contributed by atoms with Crippen molar-refractivity contribution < 1.29 is 4.74 Å². The first-order chi connectivity index (χ1) is 9.42. The molecule has 102 valence electrons. The van der Waals surface area contributed by atoms with Gasteiger partial charge in [-0.2, -0.15) is 0 Å². The summed E-state index contributed by atoms with van der Waals surface area (Å²) >= 11 is 0. The lowest BCUT2D eigenvalue weighted by Gasteiger charge is -2.06. The fourth-order valence-electron chi connectivity index (χ4n) is 2.24. The van der Waals surface area contributed by atoms with Gasteiger partial charge in [0.15, 0.2) is 0 Å². The summed E-state index contributed by atoms with van der Waals surface area (Å²) in [6.07, 6.45) is 5.43. The third kappa shape index (κ3) is 4.30.